The molecule has 2 amide bonds. The summed E-state index contributed by atoms with van der Waals surface area (Å²) >= 11 is 3.47. The molecule has 3 aromatic carbocycles. The molecule has 5 atom stereocenters. The van der Waals surface area contributed by atoms with Crippen LogP contribution < -0.4 is 15.9 Å². The first-order valence-corrected chi connectivity index (χ1v) is 18.5. The Morgan fingerprint density at radius 2 is 1.55 bits per heavy atom. The number of esters is 4. The van der Waals surface area contributed by atoms with E-state index in [-0.39, 0.29) is 29.8 Å². The van der Waals surface area contributed by atoms with Gasteiger partial charge in [0.1, 0.15) is 19.3 Å². The van der Waals surface area contributed by atoms with E-state index in [2.05, 4.69) is 38.1 Å². The first-order valence-electron chi connectivity index (χ1n) is 17.8. The standard InChI is InChI=1S/C41H36BrN3O13/c1-21(46)53-20-32-35(55-22(2)47)36(56-23(3)48)37(57-24(4)49)40(58-32)45-31-15-13-27(42)18-29(31)34(39(45)51)33-28-17-25(12-14-30(28)44-38(33)50)11-8-16-43-41(52)54-19-26-9-6-5-7-10-26/h5-7,9-10,12-15,17-18,32,35-37,40,51H,16,19-20H2,1-4H3,(H,43,52)/t32-,35-,36+,37-,40-/m1/s1. The average Bonchev–Trinajstić information content (AvgIpc) is 3.63. The zero-order chi connectivity index (χ0) is 41.7. The quantitative estimate of drug-likeness (QED) is 0.134. The average molecular weight is 859 g/mol. The second-order valence-corrected chi connectivity index (χ2v) is 14.0. The number of carbonyl (C=O) groups excluding carboxylic acids is 6. The van der Waals surface area contributed by atoms with Crippen molar-refractivity contribution < 1.29 is 62.3 Å². The van der Waals surface area contributed by atoms with Gasteiger partial charge < -0.3 is 38.8 Å². The van der Waals surface area contributed by atoms with Crippen molar-refractivity contribution in [1.82, 2.24) is 9.88 Å². The highest BCUT2D eigenvalue weighted by molar-refractivity contribution is 9.10. The first-order chi connectivity index (χ1) is 27.7. The maximum atomic E-state index is 13.8. The van der Waals surface area contributed by atoms with E-state index in [1.165, 1.54) is 4.57 Å². The summed E-state index contributed by atoms with van der Waals surface area (Å²) in [6.07, 6.45) is -8.03. The number of fused-ring (bicyclic) bond motifs is 2. The largest absolute Gasteiger partial charge is 0.494 e. The minimum Gasteiger partial charge on any atom is -0.494 e. The molecule has 4 aromatic rings. The molecule has 17 heteroatoms. The number of rotatable bonds is 10. The molecule has 0 aliphatic carbocycles. The number of alkyl carbamates (subject to hydrolysis) is 1. The predicted molar refractivity (Wildman–Crippen MR) is 205 cm³/mol. The Labute approximate surface area is 338 Å². The molecule has 3 heterocycles. The summed E-state index contributed by atoms with van der Waals surface area (Å²) in [7, 11) is 0. The van der Waals surface area contributed by atoms with Crippen molar-refractivity contribution >= 4 is 68.3 Å². The van der Waals surface area contributed by atoms with Gasteiger partial charge in [-0.1, -0.05) is 58.1 Å². The van der Waals surface area contributed by atoms with Crippen LogP contribution in [-0.2, 0) is 59.0 Å². The highest BCUT2D eigenvalue weighted by Gasteiger charge is 2.54. The van der Waals surface area contributed by atoms with Gasteiger partial charge in [-0.2, -0.15) is 0 Å². The van der Waals surface area contributed by atoms with Gasteiger partial charge in [-0.3, -0.25) is 28.5 Å². The van der Waals surface area contributed by atoms with Crippen LogP contribution in [0, 0.1) is 11.8 Å². The normalized spacial score (nSPS) is 19.5. The third-order valence-corrected chi connectivity index (χ3v) is 9.37. The van der Waals surface area contributed by atoms with Crippen LogP contribution in [0.3, 0.4) is 0 Å². The molecule has 0 radical (unpaired) electrons. The number of hydrogen-bond acceptors (Lipinski definition) is 13. The van der Waals surface area contributed by atoms with Gasteiger partial charge in [-0.05, 0) is 42.0 Å². The molecule has 300 valence electrons. The van der Waals surface area contributed by atoms with E-state index in [0.29, 0.717) is 26.0 Å². The van der Waals surface area contributed by atoms with Gasteiger partial charge in [0.15, 0.2) is 24.5 Å². The summed E-state index contributed by atoms with van der Waals surface area (Å²) in [5.74, 6) is 1.42. The molecular formula is C41H36BrN3O13. The Bertz CT molecular complexity index is 2510. The third kappa shape index (κ3) is 9.20. The van der Waals surface area contributed by atoms with E-state index in [1.807, 2.05) is 30.3 Å². The van der Waals surface area contributed by atoms with Crippen molar-refractivity contribution in [3.8, 4) is 17.7 Å². The third-order valence-electron chi connectivity index (χ3n) is 8.88. The van der Waals surface area contributed by atoms with Gasteiger partial charge in [0.05, 0.1) is 28.6 Å². The van der Waals surface area contributed by atoms with E-state index in [0.717, 1.165) is 33.3 Å². The summed E-state index contributed by atoms with van der Waals surface area (Å²) in [5, 5.41) is 15.8. The fourth-order valence-corrected chi connectivity index (χ4v) is 7.02. The van der Waals surface area contributed by atoms with E-state index < -0.39 is 79.0 Å². The van der Waals surface area contributed by atoms with Crippen LogP contribution in [-0.4, -0.2) is 83.1 Å². The number of amides is 2. The number of carbonyl (C=O) groups is 6. The Balaban J connectivity index is 1.43. The number of halogens is 1. The minimum atomic E-state index is -1.57. The number of nitrogens with zero attached hydrogens (tertiary/aromatic N) is 2. The van der Waals surface area contributed by atoms with Gasteiger partial charge in [0.2, 0.25) is 5.88 Å². The van der Waals surface area contributed by atoms with Crippen LogP contribution in [0.2, 0.25) is 0 Å². The minimum absolute atomic E-state index is 0.00579. The molecule has 0 bridgehead atoms. The summed E-state index contributed by atoms with van der Waals surface area (Å²) < 4.78 is 35.4. The fourth-order valence-electron chi connectivity index (χ4n) is 6.66. The second kappa shape index (κ2) is 17.7. The molecule has 6 rings (SSSR count). The summed E-state index contributed by atoms with van der Waals surface area (Å²) in [4.78, 5) is 79.4. The Morgan fingerprint density at radius 1 is 0.862 bits per heavy atom. The van der Waals surface area contributed by atoms with Crippen LogP contribution in [0.15, 0.2) is 76.2 Å². The predicted octanol–water partition coefficient (Wildman–Crippen LogP) is 3.00. The molecular weight excluding hydrogens is 822 g/mol. The molecule has 0 saturated carbocycles. The van der Waals surface area contributed by atoms with Gasteiger partial charge in [-0.15, -0.1) is 0 Å². The maximum absolute atomic E-state index is 13.8. The first kappa shape index (κ1) is 41.1. The van der Waals surface area contributed by atoms with Crippen LogP contribution in [0.1, 0.15) is 50.6 Å². The van der Waals surface area contributed by atoms with Gasteiger partial charge in [-0.25, -0.2) is 9.79 Å². The molecule has 0 spiro atoms. The number of aromatic nitrogens is 1. The smallest absolute Gasteiger partial charge is 0.408 e. The Kier molecular flexibility index (Phi) is 12.6. The van der Waals surface area contributed by atoms with Crippen molar-refractivity contribution in [1.29, 1.82) is 0 Å². The second-order valence-electron chi connectivity index (χ2n) is 13.1. The molecule has 2 aliphatic rings. The van der Waals surface area contributed by atoms with Gasteiger partial charge >= 0.3 is 30.0 Å². The van der Waals surface area contributed by atoms with Crippen LogP contribution >= 0.6 is 15.9 Å². The number of hydrogen-bond donors (Lipinski definition) is 2. The van der Waals surface area contributed by atoms with Gasteiger partial charge in [0.25, 0.3) is 5.91 Å². The number of nitrogens with one attached hydrogen (secondary N) is 1. The zero-order valence-electron chi connectivity index (χ0n) is 31.5. The van der Waals surface area contributed by atoms with Crippen molar-refractivity contribution in [2.24, 2.45) is 4.99 Å². The van der Waals surface area contributed by atoms with Crippen LogP contribution in [0.5, 0.6) is 5.88 Å². The van der Waals surface area contributed by atoms with Crippen molar-refractivity contribution in [2.75, 3.05) is 13.2 Å². The number of benzene rings is 3. The lowest BCUT2D eigenvalue weighted by Crippen LogP contribution is -2.60. The SMILES string of the molecule is CC(=O)OC[C@H]1O[C@@H](n2c(O)c(C3=c4cc(C#CCNC(=O)OCc5ccccc5)ccc4=NC3=O)c3cc(Br)ccc32)[C@H](OC(C)=O)[C@@H](OC(C)=O)[C@@H]1OC(C)=O. The molecule has 2 N–H and O–H groups in total. The van der Waals surface area contributed by atoms with E-state index >= 15 is 0 Å². The lowest BCUT2D eigenvalue weighted by atomic mass is 9.97. The molecule has 1 fully saturated rings. The zero-order valence-corrected chi connectivity index (χ0v) is 33.1. The lowest BCUT2D eigenvalue weighted by Gasteiger charge is -2.45. The maximum Gasteiger partial charge on any atom is 0.408 e. The molecule has 0 unspecified atom stereocenters. The van der Waals surface area contributed by atoms with Crippen LogP contribution in [0.4, 0.5) is 4.79 Å². The van der Waals surface area contributed by atoms with Crippen molar-refractivity contribution in [3.05, 3.63) is 98.5 Å². The monoisotopic (exact) mass is 857 g/mol. The van der Waals surface area contributed by atoms with Crippen LogP contribution in [0.25, 0.3) is 16.5 Å². The summed E-state index contributed by atoms with van der Waals surface area (Å²) in [6, 6.07) is 19.0. The lowest BCUT2D eigenvalue weighted by molar-refractivity contribution is -0.268. The molecule has 58 heavy (non-hydrogen) atoms. The molecule has 16 nitrogen and oxygen atoms in total. The topological polar surface area (TPSA) is 207 Å². The number of aromatic hydroxyl groups is 1. The summed E-state index contributed by atoms with van der Waals surface area (Å²) in [6.45, 7) is 4.01. The molecule has 1 aromatic heterocycles. The van der Waals surface area contributed by atoms with E-state index in [4.69, 9.17) is 28.4 Å². The van der Waals surface area contributed by atoms with Crippen molar-refractivity contribution in [3.63, 3.8) is 0 Å². The summed E-state index contributed by atoms with van der Waals surface area (Å²) in [5.41, 5.74) is 1.60. The highest BCUT2D eigenvalue weighted by atomic mass is 79.9. The fraction of sp³-hybridized carbons (Fsp3) is 0.293. The Hall–Kier alpha value is -6.51. The Morgan fingerprint density at radius 3 is 2.24 bits per heavy atom. The van der Waals surface area contributed by atoms with E-state index in [9.17, 15) is 33.9 Å². The molecule has 1 saturated heterocycles. The molecule has 2 aliphatic heterocycles. The number of ether oxygens (including phenoxy) is 6. The highest BCUT2D eigenvalue weighted by Crippen LogP contribution is 2.44. The van der Waals surface area contributed by atoms with E-state index in [1.54, 1.807) is 36.4 Å². The van der Waals surface area contributed by atoms with Crippen molar-refractivity contribution in [2.45, 2.75) is 64.9 Å². The van der Waals surface area contributed by atoms with Gasteiger partial charge in [0, 0.05) is 48.3 Å².